The average molecular weight is 408 g/mol. The van der Waals surface area contributed by atoms with Crippen LogP contribution < -0.4 is 10.6 Å². The van der Waals surface area contributed by atoms with Crippen LogP contribution in [-0.2, 0) is 4.79 Å². The molecule has 2 N–H and O–H groups in total. The summed E-state index contributed by atoms with van der Waals surface area (Å²) in [6.45, 7) is 6.37. The molecule has 0 fully saturated rings. The summed E-state index contributed by atoms with van der Waals surface area (Å²) >= 11 is 0. The first-order chi connectivity index (χ1) is 13.6. The maximum atomic E-state index is 12.6. The van der Waals surface area contributed by atoms with Gasteiger partial charge in [-0.05, 0) is 18.8 Å². The molecule has 2 amide bonds. The van der Waals surface area contributed by atoms with Gasteiger partial charge in [-0.15, -0.1) is 0 Å². The van der Waals surface area contributed by atoms with Gasteiger partial charge in [0.05, 0.1) is 21.5 Å². The quantitative estimate of drug-likeness (QED) is 0.308. The molecule has 1 rings (SSSR count). The zero-order valence-corrected chi connectivity index (χ0v) is 17.0. The van der Waals surface area contributed by atoms with Crippen molar-refractivity contribution in [3.05, 3.63) is 44.0 Å². The topological polar surface area (TPSA) is 144 Å². The van der Waals surface area contributed by atoms with Crippen LogP contribution in [0.25, 0.3) is 0 Å². The summed E-state index contributed by atoms with van der Waals surface area (Å²) in [5.41, 5.74) is -1.37. The van der Waals surface area contributed by atoms with Gasteiger partial charge in [-0.25, -0.2) is 0 Å². The van der Waals surface area contributed by atoms with Crippen molar-refractivity contribution in [3.8, 4) is 0 Å². The number of hydrogen-bond donors (Lipinski definition) is 2. The minimum Gasteiger partial charge on any atom is -0.354 e. The second kappa shape index (κ2) is 11.7. The molecule has 10 heteroatoms. The van der Waals surface area contributed by atoms with Crippen LogP contribution in [0.3, 0.4) is 0 Å². The van der Waals surface area contributed by atoms with Crippen molar-refractivity contribution in [1.29, 1.82) is 0 Å². The van der Waals surface area contributed by atoms with Gasteiger partial charge in [0, 0.05) is 18.7 Å². The molecule has 0 radical (unpaired) electrons. The van der Waals surface area contributed by atoms with E-state index in [1.54, 1.807) is 0 Å². The Labute approximate surface area is 169 Å². The number of rotatable bonds is 12. The molecule has 0 aliphatic carbocycles. The zero-order chi connectivity index (χ0) is 22.0. The predicted octanol–water partition coefficient (Wildman–Crippen LogP) is 3.34. The number of nitrogens with zero attached hydrogens (tertiary/aromatic N) is 2. The summed E-state index contributed by atoms with van der Waals surface area (Å²) in [7, 11) is 0. The fraction of sp³-hybridized carbons (Fsp3) is 0.579. The molecule has 160 valence electrons. The lowest BCUT2D eigenvalue weighted by Crippen LogP contribution is -2.47. The SMILES string of the molecule is CCCCCCNC(=O)C(CC(C)C)NC(=O)c1cc([N+](=O)[O-])cc([N+](=O)[O-])c1. The van der Waals surface area contributed by atoms with E-state index < -0.39 is 33.2 Å². The Morgan fingerprint density at radius 2 is 1.59 bits per heavy atom. The van der Waals surface area contributed by atoms with Crippen LogP contribution in [0.2, 0.25) is 0 Å². The van der Waals surface area contributed by atoms with Gasteiger partial charge in [0.1, 0.15) is 6.04 Å². The Hall–Kier alpha value is -3.04. The first-order valence-corrected chi connectivity index (χ1v) is 9.68. The summed E-state index contributed by atoms with van der Waals surface area (Å²) in [6, 6.07) is 1.85. The van der Waals surface area contributed by atoms with E-state index in [-0.39, 0.29) is 17.4 Å². The number of carbonyl (C=O) groups excluding carboxylic acids is 2. The first-order valence-electron chi connectivity index (χ1n) is 9.68. The Bertz CT molecular complexity index is 718. The molecule has 0 bridgehead atoms. The molecule has 1 aromatic rings. The van der Waals surface area contributed by atoms with E-state index in [9.17, 15) is 29.8 Å². The van der Waals surface area contributed by atoms with Crippen molar-refractivity contribution in [2.75, 3.05) is 6.54 Å². The summed E-state index contributed by atoms with van der Waals surface area (Å²) in [6.07, 6.45) is 4.35. The second-order valence-corrected chi connectivity index (χ2v) is 7.26. The minimum absolute atomic E-state index is 0.102. The maximum Gasteiger partial charge on any atom is 0.277 e. The molecular weight excluding hydrogens is 380 g/mol. The normalized spacial score (nSPS) is 11.7. The van der Waals surface area contributed by atoms with Crippen molar-refractivity contribution < 1.29 is 19.4 Å². The Morgan fingerprint density at radius 1 is 1.00 bits per heavy atom. The molecule has 10 nitrogen and oxygen atoms in total. The third-order valence-corrected chi connectivity index (χ3v) is 4.24. The van der Waals surface area contributed by atoms with E-state index in [0.717, 1.165) is 43.9 Å². The molecule has 1 unspecified atom stereocenters. The number of nitro groups is 2. The van der Waals surface area contributed by atoms with E-state index in [0.29, 0.717) is 13.0 Å². The van der Waals surface area contributed by atoms with E-state index in [2.05, 4.69) is 17.6 Å². The van der Waals surface area contributed by atoms with E-state index >= 15 is 0 Å². The van der Waals surface area contributed by atoms with E-state index in [1.165, 1.54) is 0 Å². The number of nitrogens with one attached hydrogen (secondary N) is 2. The van der Waals surface area contributed by atoms with Crippen LogP contribution in [0.4, 0.5) is 11.4 Å². The van der Waals surface area contributed by atoms with Crippen molar-refractivity contribution in [1.82, 2.24) is 10.6 Å². The van der Waals surface area contributed by atoms with E-state index in [4.69, 9.17) is 0 Å². The van der Waals surface area contributed by atoms with Gasteiger partial charge < -0.3 is 10.6 Å². The van der Waals surface area contributed by atoms with Crippen LogP contribution in [0.15, 0.2) is 18.2 Å². The Kier molecular flexibility index (Phi) is 9.70. The zero-order valence-electron chi connectivity index (χ0n) is 17.0. The number of non-ortho nitro benzene ring substituents is 2. The predicted molar refractivity (Wildman–Crippen MR) is 108 cm³/mol. The number of benzene rings is 1. The van der Waals surface area contributed by atoms with Gasteiger partial charge >= 0.3 is 0 Å². The number of amides is 2. The standard InChI is InChI=1S/C19H28N4O6/c1-4-5-6-7-8-20-19(25)17(9-13(2)3)21-18(24)14-10-15(22(26)27)12-16(11-14)23(28)29/h10-13,17H,4-9H2,1-3H3,(H,20,25)(H,21,24). The largest absolute Gasteiger partial charge is 0.354 e. The summed E-state index contributed by atoms with van der Waals surface area (Å²) in [5.74, 6) is -1.02. The highest BCUT2D eigenvalue weighted by molar-refractivity contribution is 5.98. The van der Waals surface area contributed by atoms with E-state index in [1.807, 2.05) is 13.8 Å². The van der Waals surface area contributed by atoms with Crippen molar-refractivity contribution in [2.24, 2.45) is 5.92 Å². The molecule has 1 atom stereocenters. The molecular formula is C19H28N4O6. The van der Waals surface area contributed by atoms with Crippen molar-refractivity contribution in [2.45, 2.75) is 58.9 Å². The average Bonchev–Trinajstić information content (AvgIpc) is 2.66. The maximum absolute atomic E-state index is 12.6. The highest BCUT2D eigenvalue weighted by atomic mass is 16.6. The monoisotopic (exact) mass is 408 g/mol. The van der Waals surface area contributed by atoms with Crippen molar-refractivity contribution in [3.63, 3.8) is 0 Å². The van der Waals surface area contributed by atoms with Gasteiger partial charge in [-0.2, -0.15) is 0 Å². The Morgan fingerprint density at radius 3 is 2.07 bits per heavy atom. The molecule has 0 saturated heterocycles. The molecule has 1 aromatic carbocycles. The fourth-order valence-corrected chi connectivity index (χ4v) is 2.77. The highest BCUT2D eigenvalue weighted by Gasteiger charge is 2.25. The summed E-state index contributed by atoms with van der Waals surface area (Å²) in [4.78, 5) is 45.5. The third kappa shape index (κ3) is 8.24. The lowest BCUT2D eigenvalue weighted by atomic mass is 10.0. The molecule has 0 aromatic heterocycles. The van der Waals surface area contributed by atoms with Crippen LogP contribution in [-0.4, -0.2) is 34.2 Å². The van der Waals surface area contributed by atoms with Gasteiger partial charge in [0.25, 0.3) is 17.3 Å². The highest BCUT2D eigenvalue weighted by Crippen LogP contribution is 2.23. The number of carbonyl (C=O) groups is 2. The van der Waals surface area contributed by atoms with Gasteiger partial charge in [-0.1, -0.05) is 40.0 Å². The summed E-state index contributed by atoms with van der Waals surface area (Å²) < 4.78 is 0. The number of nitro benzene ring substituents is 2. The fourth-order valence-electron chi connectivity index (χ4n) is 2.77. The lowest BCUT2D eigenvalue weighted by molar-refractivity contribution is -0.394. The van der Waals surface area contributed by atoms with Crippen LogP contribution in [0.1, 0.15) is 63.2 Å². The lowest BCUT2D eigenvalue weighted by Gasteiger charge is -2.20. The molecule has 0 heterocycles. The second-order valence-electron chi connectivity index (χ2n) is 7.26. The summed E-state index contributed by atoms with van der Waals surface area (Å²) in [5, 5.41) is 27.4. The molecule has 0 spiro atoms. The van der Waals surface area contributed by atoms with Gasteiger partial charge in [0.15, 0.2) is 0 Å². The van der Waals surface area contributed by atoms with Crippen LogP contribution >= 0.6 is 0 Å². The Balaban J connectivity index is 2.93. The number of unbranched alkanes of at least 4 members (excludes halogenated alkanes) is 3. The minimum atomic E-state index is -0.841. The van der Waals surface area contributed by atoms with Crippen molar-refractivity contribution >= 4 is 23.2 Å². The van der Waals surface area contributed by atoms with Gasteiger partial charge in [0.2, 0.25) is 5.91 Å². The third-order valence-electron chi connectivity index (χ3n) is 4.24. The number of hydrogen-bond acceptors (Lipinski definition) is 6. The molecule has 0 aliphatic heterocycles. The molecule has 0 saturated carbocycles. The molecule has 29 heavy (non-hydrogen) atoms. The smallest absolute Gasteiger partial charge is 0.277 e. The van der Waals surface area contributed by atoms with Crippen LogP contribution in [0.5, 0.6) is 0 Å². The van der Waals surface area contributed by atoms with Gasteiger partial charge in [-0.3, -0.25) is 29.8 Å². The first kappa shape index (κ1) is 24.0. The van der Waals surface area contributed by atoms with Crippen LogP contribution in [0, 0.1) is 26.1 Å². The molecule has 0 aliphatic rings.